The molecule has 1 aromatic heterocycles. The summed E-state index contributed by atoms with van der Waals surface area (Å²) < 4.78 is 6.57. The normalized spacial score (nSPS) is 10.3. The van der Waals surface area contributed by atoms with Crippen molar-refractivity contribution in [3.05, 3.63) is 35.7 Å². The van der Waals surface area contributed by atoms with Gasteiger partial charge in [0.1, 0.15) is 0 Å². The van der Waals surface area contributed by atoms with Crippen LogP contribution < -0.4 is 11.1 Å². The number of nitrogens with one attached hydrogen (secondary N) is 1. The van der Waals surface area contributed by atoms with Crippen LogP contribution in [0.3, 0.4) is 0 Å². The monoisotopic (exact) mass is 274 g/mol. The minimum atomic E-state index is -0.410. The summed E-state index contributed by atoms with van der Waals surface area (Å²) in [5.41, 5.74) is 8.94. The van der Waals surface area contributed by atoms with E-state index >= 15 is 0 Å². The number of hydrogen-bond donors (Lipinski definition) is 2. The Morgan fingerprint density at radius 2 is 2.15 bits per heavy atom. The molecule has 0 aliphatic carbocycles. The molecule has 0 saturated carbocycles. The highest BCUT2D eigenvalue weighted by Gasteiger charge is 2.21. The zero-order valence-corrected chi connectivity index (χ0v) is 11.8. The van der Waals surface area contributed by atoms with Gasteiger partial charge in [0.05, 0.1) is 29.4 Å². The third kappa shape index (κ3) is 2.59. The van der Waals surface area contributed by atoms with Crippen molar-refractivity contribution in [2.45, 2.75) is 13.8 Å². The van der Waals surface area contributed by atoms with Crippen LogP contribution in [0.5, 0.6) is 0 Å². The van der Waals surface area contributed by atoms with Gasteiger partial charge in [0.2, 0.25) is 0 Å². The number of rotatable bonds is 4. The van der Waals surface area contributed by atoms with E-state index in [0.717, 1.165) is 5.69 Å². The molecule has 0 bridgehead atoms. The molecule has 20 heavy (non-hydrogen) atoms. The summed E-state index contributed by atoms with van der Waals surface area (Å²) in [5.74, 6) is -0.410. The van der Waals surface area contributed by atoms with Gasteiger partial charge >= 0.3 is 5.97 Å². The Labute approximate surface area is 117 Å². The van der Waals surface area contributed by atoms with Crippen LogP contribution in [0.15, 0.2) is 24.3 Å². The maximum atomic E-state index is 12.0. The van der Waals surface area contributed by atoms with Crippen LogP contribution in [0.1, 0.15) is 23.1 Å². The molecule has 0 spiro atoms. The molecule has 0 saturated heterocycles. The molecule has 6 heteroatoms. The maximum absolute atomic E-state index is 12.0. The number of hydrogen-bond acceptors (Lipinski definition) is 5. The fraction of sp³-hybridized carbons (Fsp3) is 0.286. The molecule has 6 nitrogen and oxygen atoms in total. The van der Waals surface area contributed by atoms with Crippen LogP contribution in [-0.4, -0.2) is 22.4 Å². The summed E-state index contributed by atoms with van der Waals surface area (Å²) in [4.78, 5) is 12.0. The lowest BCUT2D eigenvalue weighted by Crippen LogP contribution is -2.12. The Morgan fingerprint density at radius 1 is 1.45 bits per heavy atom. The molecule has 0 aliphatic rings. The molecule has 0 fully saturated rings. The van der Waals surface area contributed by atoms with Gasteiger partial charge in [-0.15, -0.1) is 0 Å². The van der Waals surface area contributed by atoms with E-state index in [1.807, 2.05) is 25.1 Å². The minimum Gasteiger partial charge on any atom is -0.461 e. The number of ether oxygens (including phenoxy) is 1. The number of esters is 1. The van der Waals surface area contributed by atoms with E-state index in [4.69, 9.17) is 10.5 Å². The van der Waals surface area contributed by atoms with E-state index in [1.54, 1.807) is 20.0 Å². The molecule has 0 radical (unpaired) electrons. The van der Waals surface area contributed by atoms with E-state index in [0.29, 0.717) is 29.4 Å². The van der Waals surface area contributed by atoms with Gasteiger partial charge in [-0.05, 0) is 26.0 Å². The van der Waals surface area contributed by atoms with Gasteiger partial charge in [-0.3, -0.25) is 4.68 Å². The number of para-hydroxylation sites is 2. The highest BCUT2D eigenvalue weighted by atomic mass is 16.5. The van der Waals surface area contributed by atoms with Crippen molar-refractivity contribution in [2.24, 2.45) is 7.05 Å². The van der Waals surface area contributed by atoms with Crippen LogP contribution in [0.25, 0.3) is 0 Å². The topological polar surface area (TPSA) is 82.2 Å². The van der Waals surface area contributed by atoms with Gasteiger partial charge < -0.3 is 15.8 Å². The highest BCUT2D eigenvalue weighted by molar-refractivity contribution is 5.96. The number of aromatic nitrogens is 2. The molecule has 3 N–H and O–H groups in total. The number of benzene rings is 1. The minimum absolute atomic E-state index is 0.315. The van der Waals surface area contributed by atoms with Crippen LogP contribution in [0, 0.1) is 6.92 Å². The van der Waals surface area contributed by atoms with Crippen molar-refractivity contribution in [3.8, 4) is 0 Å². The van der Waals surface area contributed by atoms with E-state index < -0.39 is 5.97 Å². The molecule has 0 unspecified atom stereocenters. The number of aryl methyl sites for hydroxylation is 2. The van der Waals surface area contributed by atoms with E-state index in [-0.39, 0.29) is 0 Å². The smallest absolute Gasteiger partial charge is 0.358 e. The molecule has 0 aliphatic heterocycles. The predicted molar refractivity (Wildman–Crippen MR) is 78.0 cm³/mol. The lowest BCUT2D eigenvalue weighted by Gasteiger charge is -2.10. The Morgan fingerprint density at radius 3 is 2.80 bits per heavy atom. The van der Waals surface area contributed by atoms with Crippen LogP contribution >= 0.6 is 0 Å². The van der Waals surface area contributed by atoms with E-state index in [1.165, 1.54) is 4.68 Å². The lowest BCUT2D eigenvalue weighted by atomic mass is 10.2. The SMILES string of the molecule is CCOC(=O)c1c(Nc2ccccc2N)c(C)nn1C. The molecule has 2 aromatic rings. The van der Waals surface area contributed by atoms with Gasteiger partial charge in [0, 0.05) is 7.05 Å². The molecule has 1 heterocycles. The zero-order chi connectivity index (χ0) is 14.7. The summed E-state index contributed by atoms with van der Waals surface area (Å²) in [6.07, 6.45) is 0. The number of nitrogens with two attached hydrogens (primary N) is 1. The average molecular weight is 274 g/mol. The first kappa shape index (κ1) is 13.9. The Kier molecular flexibility index (Phi) is 3.93. The average Bonchev–Trinajstić information content (AvgIpc) is 2.67. The zero-order valence-electron chi connectivity index (χ0n) is 11.8. The molecule has 2 rings (SSSR count). The molecule has 106 valence electrons. The summed E-state index contributed by atoms with van der Waals surface area (Å²) in [7, 11) is 1.71. The number of carbonyl (C=O) groups is 1. The predicted octanol–water partition coefficient (Wildman–Crippen LogP) is 2.23. The second kappa shape index (κ2) is 5.64. The Balaban J connectivity index is 2.41. The van der Waals surface area contributed by atoms with Crippen molar-refractivity contribution in [1.29, 1.82) is 0 Å². The van der Waals surface area contributed by atoms with Gasteiger partial charge in [-0.2, -0.15) is 5.10 Å². The standard InChI is InChI=1S/C14H18N4O2/c1-4-20-14(19)13-12(9(2)17-18(13)3)16-11-8-6-5-7-10(11)15/h5-8,16H,4,15H2,1-3H3. The van der Waals surface area contributed by atoms with Crippen molar-refractivity contribution in [2.75, 3.05) is 17.7 Å². The number of nitrogens with zero attached hydrogens (tertiary/aromatic N) is 2. The van der Waals surface area contributed by atoms with Crippen LogP contribution in [0.2, 0.25) is 0 Å². The third-order valence-corrected chi connectivity index (χ3v) is 2.91. The van der Waals surface area contributed by atoms with Crippen molar-refractivity contribution >= 4 is 23.0 Å². The number of carbonyl (C=O) groups excluding carboxylic acids is 1. The summed E-state index contributed by atoms with van der Waals surface area (Å²) in [6.45, 7) is 3.91. The summed E-state index contributed by atoms with van der Waals surface area (Å²) in [5, 5.41) is 7.41. The van der Waals surface area contributed by atoms with Crippen molar-refractivity contribution < 1.29 is 9.53 Å². The first-order valence-electron chi connectivity index (χ1n) is 6.36. The van der Waals surface area contributed by atoms with Crippen LogP contribution in [0.4, 0.5) is 17.1 Å². The second-order valence-corrected chi connectivity index (χ2v) is 4.37. The van der Waals surface area contributed by atoms with E-state index in [2.05, 4.69) is 10.4 Å². The van der Waals surface area contributed by atoms with Crippen molar-refractivity contribution in [1.82, 2.24) is 9.78 Å². The summed E-state index contributed by atoms with van der Waals surface area (Å²) >= 11 is 0. The van der Waals surface area contributed by atoms with Crippen LogP contribution in [-0.2, 0) is 11.8 Å². The molecular formula is C14H18N4O2. The first-order chi connectivity index (χ1) is 9.54. The Bertz CT molecular complexity index is 634. The fourth-order valence-corrected chi connectivity index (χ4v) is 1.99. The largest absolute Gasteiger partial charge is 0.461 e. The van der Waals surface area contributed by atoms with Gasteiger partial charge in [-0.25, -0.2) is 4.79 Å². The Hall–Kier alpha value is -2.50. The number of nitrogen functional groups attached to an aromatic ring is 1. The molecule has 0 amide bonds. The summed E-state index contributed by atoms with van der Waals surface area (Å²) in [6, 6.07) is 7.35. The molecule has 0 atom stereocenters. The van der Waals surface area contributed by atoms with E-state index in [9.17, 15) is 4.79 Å². The van der Waals surface area contributed by atoms with Gasteiger partial charge in [0.15, 0.2) is 5.69 Å². The molecule has 1 aromatic carbocycles. The highest BCUT2D eigenvalue weighted by Crippen LogP contribution is 2.28. The first-order valence-corrected chi connectivity index (χ1v) is 6.36. The van der Waals surface area contributed by atoms with Crippen molar-refractivity contribution in [3.63, 3.8) is 0 Å². The quantitative estimate of drug-likeness (QED) is 0.660. The lowest BCUT2D eigenvalue weighted by molar-refractivity contribution is 0.0515. The second-order valence-electron chi connectivity index (χ2n) is 4.37. The molecular weight excluding hydrogens is 256 g/mol. The maximum Gasteiger partial charge on any atom is 0.358 e. The fourth-order valence-electron chi connectivity index (χ4n) is 1.99. The third-order valence-electron chi connectivity index (χ3n) is 2.91. The van der Waals surface area contributed by atoms with Gasteiger partial charge in [-0.1, -0.05) is 12.1 Å². The number of anilines is 3. The van der Waals surface area contributed by atoms with Gasteiger partial charge in [0.25, 0.3) is 0 Å².